The van der Waals surface area contributed by atoms with E-state index in [1.54, 1.807) is 48.5 Å². The highest BCUT2D eigenvalue weighted by molar-refractivity contribution is 6.34. The van der Waals surface area contributed by atoms with Gasteiger partial charge in [-0.1, -0.05) is 17.7 Å². The lowest BCUT2D eigenvalue weighted by Gasteiger charge is -2.10. The smallest absolute Gasteiger partial charge is 0.337 e. The summed E-state index contributed by atoms with van der Waals surface area (Å²) >= 11 is 5.91. The van der Waals surface area contributed by atoms with Crippen molar-refractivity contribution in [2.75, 3.05) is 17.7 Å². The average molecular weight is 399 g/mol. The van der Waals surface area contributed by atoms with Crippen molar-refractivity contribution in [3.63, 3.8) is 0 Å². The van der Waals surface area contributed by atoms with Gasteiger partial charge in [0, 0.05) is 17.1 Å². The molecule has 0 heterocycles. The van der Waals surface area contributed by atoms with Crippen molar-refractivity contribution in [1.29, 1.82) is 0 Å². The first-order chi connectivity index (χ1) is 13.5. The lowest BCUT2D eigenvalue weighted by molar-refractivity contribution is 0.0600. The number of methoxy groups -OCH3 is 1. The molecule has 142 valence electrons. The van der Waals surface area contributed by atoms with Gasteiger partial charge in [0.05, 0.1) is 23.3 Å². The van der Waals surface area contributed by atoms with Crippen molar-refractivity contribution in [2.24, 2.45) is 0 Å². The van der Waals surface area contributed by atoms with E-state index in [1.165, 1.54) is 25.3 Å². The molecule has 3 rings (SSSR count). The molecule has 3 aromatic rings. The number of carbonyl (C=O) groups is 2. The highest BCUT2D eigenvalue weighted by Gasteiger charge is 2.15. The number of anilines is 3. The van der Waals surface area contributed by atoms with Crippen LogP contribution in [0.5, 0.6) is 0 Å². The number of hydrogen-bond acceptors (Lipinski definition) is 4. The van der Waals surface area contributed by atoms with E-state index in [2.05, 4.69) is 15.4 Å². The maximum absolute atomic E-state index is 13.8. The van der Waals surface area contributed by atoms with Crippen LogP contribution < -0.4 is 10.6 Å². The van der Waals surface area contributed by atoms with Gasteiger partial charge in [-0.2, -0.15) is 0 Å². The molecule has 0 aliphatic rings. The molecule has 0 fully saturated rings. The topological polar surface area (TPSA) is 67.4 Å². The predicted molar refractivity (Wildman–Crippen MR) is 107 cm³/mol. The summed E-state index contributed by atoms with van der Waals surface area (Å²) in [5.74, 6) is -1.71. The van der Waals surface area contributed by atoms with Crippen LogP contribution in [0.2, 0.25) is 5.02 Å². The summed E-state index contributed by atoms with van der Waals surface area (Å²) in [5.41, 5.74) is 2.31. The predicted octanol–water partition coefficient (Wildman–Crippen LogP) is 5.26. The number of rotatable bonds is 5. The summed E-state index contributed by atoms with van der Waals surface area (Å²) < 4.78 is 18.5. The Balaban J connectivity index is 1.66. The molecule has 28 heavy (non-hydrogen) atoms. The zero-order valence-electron chi connectivity index (χ0n) is 14.8. The molecule has 0 saturated heterocycles. The Bertz CT molecular complexity index is 985. The lowest BCUT2D eigenvalue weighted by atomic mass is 10.2. The molecule has 7 heteroatoms. The molecule has 0 bridgehead atoms. The van der Waals surface area contributed by atoms with Crippen LogP contribution in [-0.4, -0.2) is 19.0 Å². The molecule has 0 aliphatic heterocycles. The van der Waals surface area contributed by atoms with Gasteiger partial charge >= 0.3 is 5.97 Å². The second kappa shape index (κ2) is 8.54. The molecule has 0 radical (unpaired) electrons. The molecule has 0 aromatic heterocycles. The number of carbonyl (C=O) groups excluding carboxylic acids is 2. The molecule has 3 aromatic carbocycles. The number of hydrogen-bond donors (Lipinski definition) is 2. The maximum atomic E-state index is 13.8. The van der Waals surface area contributed by atoms with E-state index in [4.69, 9.17) is 11.6 Å². The Labute approximate surface area is 166 Å². The molecular formula is C21H16ClFN2O3. The second-order valence-corrected chi connectivity index (χ2v) is 6.23. The molecule has 0 aliphatic carbocycles. The standard InChI is InChI=1S/C21H16ClFN2O3/c1-28-21(27)13-5-7-14(8-6-13)24-15-9-11-16(12-10-15)25-20(26)19-17(22)3-2-4-18(19)23/h2-12,24H,1H3,(H,25,26). The normalized spacial score (nSPS) is 10.2. The van der Waals surface area contributed by atoms with Crippen molar-refractivity contribution in [3.8, 4) is 0 Å². The minimum absolute atomic E-state index is 0.0474. The Morgan fingerprint density at radius 1 is 0.893 bits per heavy atom. The van der Waals surface area contributed by atoms with Crippen molar-refractivity contribution < 1.29 is 18.7 Å². The van der Waals surface area contributed by atoms with Crippen LogP contribution in [0.3, 0.4) is 0 Å². The van der Waals surface area contributed by atoms with Gasteiger partial charge in [-0.15, -0.1) is 0 Å². The average Bonchev–Trinajstić information content (AvgIpc) is 2.69. The molecular weight excluding hydrogens is 383 g/mol. The van der Waals surface area contributed by atoms with Gasteiger partial charge in [-0.25, -0.2) is 9.18 Å². The number of nitrogens with one attached hydrogen (secondary N) is 2. The molecule has 0 spiro atoms. The number of amides is 1. The summed E-state index contributed by atoms with van der Waals surface area (Å²) in [6.07, 6.45) is 0. The van der Waals surface area contributed by atoms with Crippen LogP contribution in [0.15, 0.2) is 66.7 Å². The van der Waals surface area contributed by atoms with E-state index >= 15 is 0 Å². The van der Waals surface area contributed by atoms with E-state index in [-0.39, 0.29) is 10.6 Å². The van der Waals surface area contributed by atoms with Crippen molar-refractivity contribution >= 4 is 40.5 Å². The van der Waals surface area contributed by atoms with Crippen molar-refractivity contribution in [3.05, 3.63) is 88.7 Å². The van der Waals surface area contributed by atoms with Gasteiger partial charge in [-0.3, -0.25) is 4.79 Å². The Kier molecular flexibility index (Phi) is 5.91. The highest BCUT2D eigenvalue weighted by atomic mass is 35.5. The fraction of sp³-hybridized carbons (Fsp3) is 0.0476. The number of benzene rings is 3. The summed E-state index contributed by atoms with van der Waals surface area (Å²) in [6, 6.07) is 17.8. The van der Waals surface area contributed by atoms with E-state index in [0.717, 1.165) is 11.4 Å². The molecule has 0 atom stereocenters. The van der Waals surface area contributed by atoms with Crippen molar-refractivity contribution in [2.45, 2.75) is 0 Å². The molecule has 1 amide bonds. The Morgan fingerprint density at radius 3 is 2.04 bits per heavy atom. The lowest BCUT2D eigenvalue weighted by Crippen LogP contribution is -2.14. The minimum atomic E-state index is -0.682. The third-order valence-corrected chi connectivity index (χ3v) is 4.24. The maximum Gasteiger partial charge on any atom is 0.337 e. The van der Waals surface area contributed by atoms with Gasteiger partial charge in [0.1, 0.15) is 5.82 Å². The van der Waals surface area contributed by atoms with Gasteiger partial charge in [-0.05, 0) is 60.7 Å². The summed E-state index contributed by atoms with van der Waals surface area (Å²) in [5, 5.41) is 5.83. The van der Waals surface area contributed by atoms with Crippen LogP contribution in [0.1, 0.15) is 20.7 Å². The van der Waals surface area contributed by atoms with E-state index < -0.39 is 17.7 Å². The van der Waals surface area contributed by atoms with Gasteiger partial charge in [0.2, 0.25) is 0 Å². The second-order valence-electron chi connectivity index (χ2n) is 5.82. The van der Waals surface area contributed by atoms with Crippen LogP contribution in [-0.2, 0) is 4.74 Å². The SMILES string of the molecule is COC(=O)c1ccc(Nc2ccc(NC(=O)c3c(F)cccc3Cl)cc2)cc1. The van der Waals surface area contributed by atoms with Gasteiger partial charge < -0.3 is 15.4 Å². The van der Waals surface area contributed by atoms with E-state index in [0.29, 0.717) is 11.3 Å². The summed E-state index contributed by atoms with van der Waals surface area (Å²) in [7, 11) is 1.33. The molecule has 2 N–H and O–H groups in total. The molecule has 0 unspecified atom stereocenters. The third-order valence-electron chi connectivity index (χ3n) is 3.93. The highest BCUT2D eigenvalue weighted by Crippen LogP contribution is 2.23. The first kappa shape index (κ1) is 19.4. The van der Waals surface area contributed by atoms with Crippen molar-refractivity contribution in [1.82, 2.24) is 0 Å². The monoisotopic (exact) mass is 398 g/mol. The summed E-state index contributed by atoms with van der Waals surface area (Å²) in [6.45, 7) is 0. The fourth-order valence-electron chi connectivity index (χ4n) is 2.52. The first-order valence-corrected chi connectivity index (χ1v) is 8.66. The number of ether oxygens (including phenoxy) is 1. The molecule has 5 nitrogen and oxygen atoms in total. The Morgan fingerprint density at radius 2 is 1.46 bits per heavy atom. The number of esters is 1. The quantitative estimate of drug-likeness (QED) is 0.575. The largest absolute Gasteiger partial charge is 0.465 e. The minimum Gasteiger partial charge on any atom is -0.465 e. The first-order valence-electron chi connectivity index (χ1n) is 8.29. The van der Waals surface area contributed by atoms with E-state index in [9.17, 15) is 14.0 Å². The summed E-state index contributed by atoms with van der Waals surface area (Å²) in [4.78, 5) is 23.7. The van der Waals surface area contributed by atoms with Crippen LogP contribution in [0, 0.1) is 5.82 Å². The zero-order chi connectivity index (χ0) is 20.1. The van der Waals surface area contributed by atoms with Gasteiger partial charge in [0.25, 0.3) is 5.91 Å². The third kappa shape index (κ3) is 4.47. The zero-order valence-corrected chi connectivity index (χ0v) is 15.6. The molecule has 0 saturated carbocycles. The fourth-order valence-corrected chi connectivity index (χ4v) is 2.77. The van der Waals surface area contributed by atoms with Crippen LogP contribution >= 0.6 is 11.6 Å². The Hall–Kier alpha value is -3.38. The van der Waals surface area contributed by atoms with E-state index in [1.807, 2.05) is 0 Å². The van der Waals surface area contributed by atoms with Crippen LogP contribution in [0.4, 0.5) is 21.5 Å². The number of halogens is 2. The van der Waals surface area contributed by atoms with Gasteiger partial charge in [0.15, 0.2) is 0 Å². The van der Waals surface area contributed by atoms with Crippen LogP contribution in [0.25, 0.3) is 0 Å².